The van der Waals surface area contributed by atoms with Gasteiger partial charge in [0, 0.05) is 5.39 Å². The molecule has 1 heterocycles. The number of aromatic amines is 1. The Balaban J connectivity index is 1.86. The van der Waals surface area contributed by atoms with Crippen molar-refractivity contribution >= 4 is 22.4 Å². The molecule has 1 aliphatic carbocycles. The highest BCUT2D eigenvalue weighted by Crippen LogP contribution is 2.57. The normalized spacial score (nSPS) is 14.8. The number of benzene rings is 2. The smallest absolute Gasteiger partial charge is 0.317 e. The molecule has 0 amide bonds. The van der Waals surface area contributed by atoms with E-state index in [9.17, 15) is 31.1 Å². The molecule has 2 aromatic carbocycles. The second-order valence-corrected chi connectivity index (χ2v) is 7.53. The average molecular weight is 469 g/mol. The first kappa shape index (κ1) is 22.6. The monoisotopic (exact) mass is 469 g/mol. The van der Waals surface area contributed by atoms with Gasteiger partial charge in [-0.25, -0.2) is 22.4 Å². The molecule has 0 atom stereocenters. The van der Waals surface area contributed by atoms with Crippen molar-refractivity contribution in [1.82, 2.24) is 9.97 Å². The number of anilines is 2. The number of alkyl halides is 5. The van der Waals surface area contributed by atoms with Crippen LogP contribution in [0.2, 0.25) is 0 Å². The maximum Gasteiger partial charge on any atom is 0.405 e. The van der Waals surface area contributed by atoms with Gasteiger partial charge in [0.05, 0.1) is 23.3 Å². The fourth-order valence-electron chi connectivity index (χ4n) is 3.37. The summed E-state index contributed by atoms with van der Waals surface area (Å²) in [4.78, 5) is 18.6. The van der Waals surface area contributed by atoms with E-state index >= 15 is 4.39 Å². The van der Waals surface area contributed by atoms with Crippen LogP contribution in [0.3, 0.4) is 0 Å². The quantitative estimate of drug-likeness (QED) is 0.417. The molecule has 1 N–H and O–H groups in total. The zero-order chi connectivity index (χ0) is 24.0. The second kappa shape index (κ2) is 8.10. The lowest BCUT2D eigenvalue weighted by molar-refractivity contribution is -0.168. The maximum atomic E-state index is 15.3. The number of aromatic nitrogens is 2. The molecule has 1 fully saturated rings. The highest BCUT2D eigenvalue weighted by molar-refractivity contribution is 5.91. The summed E-state index contributed by atoms with van der Waals surface area (Å²) in [5.41, 5.74) is -4.02. The van der Waals surface area contributed by atoms with Crippen LogP contribution < -0.4 is 10.6 Å². The molecule has 0 saturated heterocycles. The number of H-pyrrole nitrogens is 1. The minimum Gasteiger partial charge on any atom is -0.317 e. The topological polar surface area (TPSA) is 49.0 Å². The Hall–Kier alpha value is -3.55. The third-order valence-corrected chi connectivity index (χ3v) is 5.25. The molecular weight excluding hydrogens is 455 g/mol. The molecule has 1 aromatic heterocycles. The van der Waals surface area contributed by atoms with Gasteiger partial charge >= 0.3 is 11.9 Å². The zero-order valence-electron chi connectivity index (χ0n) is 16.6. The van der Waals surface area contributed by atoms with Gasteiger partial charge in [-0.3, -0.25) is 0 Å². The van der Waals surface area contributed by atoms with E-state index in [0.717, 1.165) is 24.3 Å². The molecule has 3 aromatic rings. The van der Waals surface area contributed by atoms with E-state index in [1.807, 2.05) is 0 Å². The summed E-state index contributed by atoms with van der Waals surface area (Å²) in [6.07, 6.45) is -8.02. The molecule has 0 spiro atoms. The van der Waals surface area contributed by atoms with Gasteiger partial charge in [0.1, 0.15) is 17.1 Å². The first-order valence-corrected chi connectivity index (χ1v) is 9.64. The maximum absolute atomic E-state index is 15.3. The van der Waals surface area contributed by atoms with Crippen molar-refractivity contribution in [3.8, 4) is 11.8 Å². The van der Waals surface area contributed by atoms with Gasteiger partial charge in [0.25, 0.3) is 6.43 Å². The average Bonchev–Trinajstić information content (AvgIpc) is 3.53. The first-order valence-electron chi connectivity index (χ1n) is 9.64. The van der Waals surface area contributed by atoms with Crippen LogP contribution in [0, 0.1) is 28.9 Å². The van der Waals surface area contributed by atoms with Gasteiger partial charge in [0.15, 0.2) is 5.82 Å². The molecule has 0 aliphatic heterocycles. The van der Waals surface area contributed by atoms with Gasteiger partial charge in [-0.1, -0.05) is 17.9 Å². The number of hydrogen-bond donors (Lipinski definition) is 1. The Bertz CT molecular complexity index is 1330. The van der Waals surface area contributed by atoms with Gasteiger partial charge in [-0.2, -0.15) is 18.2 Å². The van der Waals surface area contributed by atoms with Crippen molar-refractivity contribution in [2.24, 2.45) is 5.41 Å². The largest absolute Gasteiger partial charge is 0.405 e. The van der Waals surface area contributed by atoms with Crippen LogP contribution in [-0.4, -0.2) is 29.1 Å². The lowest BCUT2D eigenvalue weighted by Gasteiger charge is -2.25. The summed E-state index contributed by atoms with van der Waals surface area (Å²) in [6, 6.07) is 6.60. The minimum absolute atomic E-state index is 0.0693. The SMILES string of the molecule is O=c1nc(N(CC(F)F)c2cccc(C#CC3(C(F)(F)F)CC3)c2F)c2cc(F)ccc2[nH]1. The van der Waals surface area contributed by atoms with E-state index in [4.69, 9.17) is 0 Å². The minimum atomic E-state index is -4.58. The number of nitrogens with one attached hydrogen (secondary N) is 1. The third kappa shape index (κ3) is 4.37. The van der Waals surface area contributed by atoms with E-state index in [-0.39, 0.29) is 23.7 Å². The highest BCUT2D eigenvalue weighted by atomic mass is 19.4. The first-order chi connectivity index (χ1) is 15.5. The van der Waals surface area contributed by atoms with Crippen LogP contribution in [-0.2, 0) is 0 Å². The van der Waals surface area contributed by atoms with Crippen molar-refractivity contribution in [2.45, 2.75) is 25.4 Å². The molecule has 4 nitrogen and oxygen atoms in total. The van der Waals surface area contributed by atoms with E-state index in [2.05, 4.69) is 21.8 Å². The molecule has 0 unspecified atom stereocenters. The number of fused-ring (bicyclic) bond motifs is 1. The molecule has 11 heteroatoms. The van der Waals surface area contributed by atoms with Gasteiger partial charge in [-0.15, -0.1) is 0 Å². The lowest BCUT2D eigenvalue weighted by atomic mass is 10.1. The Morgan fingerprint density at radius 3 is 2.52 bits per heavy atom. The summed E-state index contributed by atoms with van der Waals surface area (Å²) < 4.78 is 95.3. The van der Waals surface area contributed by atoms with Crippen LogP contribution in [0.1, 0.15) is 18.4 Å². The van der Waals surface area contributed by atoms with Crippen molar-refractivity contribution in [3.63, 3.8) is 0 Å². The number of rotatable bonds is 4. The van der Waals surface area contributed by atoms with E-state index in [0.29, 0.717) is 4.90 Å². The summed E-state index contributed by atoms with van der Waals surface area (Å²) in [5, 5.41) is -0.0693. The Labute approximate surface area is 182 Å². The fraction of sp³-hybridized carbons (Fsp3) is 0.273. The van der Waals surface area contributed by atoms with Crippen molar-refractivity contribution in [1.29, 1.82) is 0 Å². The molecule has 1 saturated carbocycles. The summed E-state index contributed by atoms with van der Waals surface area (Å²) in [5.74, 6) is 1.87. The van der Waals surface area contributed by atoms with Crippen molar-refractivity contribution in [2.75, 3.05) is 11.4 Å². The predicted molar refractivity (Wildman–Crippen MR) is 106 cm³/mol. The number of nitrogens with zero attached hydrogens (tertiary/aromatic N) is 2. The van der Waals surface area contributed by atoms with Crippen molar-refractivity contribution < 1.29 is 30.7 Å². The van der Waals surface area contributed by atoms with E-state index in [1.165, 1.54) is 12.1 Å². The second-order valence-electron chi connectivity index (χ2n) is 7.53. The number of hydrogen-bond acceptors (Lipinski definition) is 3. The summed E-state index contributed by atoms with van der Waals surface area (Å²) >= 11 is 0. The summed E-state index contributed by atoms with van der Waals surface area (Å²) in [6.45, 7) is -1.12. The van der Waals surface area contributed by atoms with Crippen molar-refractivity contribution in [3.05, 3.63) is 64.1 Å². The van der Waals surface area contributed by atoms with E-state index < -0.39 is 59.0 Å². The van der Waals surface area contributed by atoms with Gasteiger partial charge in [-0.05, 0) is 43.2 Å². The van der Waals surface area contributed by atoms with Gasteiger partial charge < -0.3 is 9.88 Å². The lowest BCUT2D eigenvalue weighted by Crippen LogP contribution is -2.28. The number of halogens is 7. The zero-order valence-corrected chi connectivity index (χ0v) is 16.6. The molecule has 1 aliphatic rings. The Kier molecular flexibility index (Phi) is 5.56. The fourth-order valence-corrected chi connectivity index (χ4v) is 3.37. The molecule has 0 radical (unpaired) electrons. The highest BCUT2D eigenvalue weighted by Gasteiger charge is 2.62. The standard InChI is InChI=1S/C22H14F7N3O/c23-13-4-5-15-14(10-13)19(31-20(33)30-15)32(11-17(24)25)16-3-1-2-12(18(16)26)6-7-21(8-9-21)22(27,28)29/h1-5,10,17H,8-9,11H2,(H,30,31,33). The predicted octanol–water partition coefficient (Wildman–Crippen LogP) is 5.30. The van der Waals surface area contributed by atoms with Crippen LogP contribution in [0.25, 0.3) is 10.9 Å². The van der Waals surface area contributed by atoms with Gasteiger partial charge in [0.2, 0.25) is 0 Å². The molecule has 33 heavy (non-hydrogen) atoms. The summed E-state index contributed by atoms with van der Waals surface area (Å²) in [7, 11) is 0. The molecule has 172 valence electrons. The third-order valence-electron chi connectivity index (χ3n) is 5.25. The Morgan fingerprint density at radius 2 is 1.88 bits per heavy atom. The van der Waals surface area contributed by atoms with Crippen LogP contribution in [0.4, 0.5) is 42.2 Å². The van der Waals surface area contributed by atoms with E-state index in [1.54, 1.807) is 0 Å². The molecule has 4 rings (SSSR count). The van der Waals surface area contributed by atoms with Crippen LogP contribution in [0.15, 0.2) is 41.2 Å². The molecule has 0 bridgehead atoms. The van der Waals surface area contributed by atoms with Crippen LogP contribution in [0.5, 0.6) is 0 Å². The molecular formula is C22H14F7N3O. The van der Waals surface area contributed by atoms with Crippen LogP contribution >= 0.6 is 0 Å². The Morgan fingerprint density at radius 1 is 1.15 bits per heavy atom.